The molecule has 1 aliphatic heterocycles. The van der Waals surface area contributed by atoms with Crippen molar-refractivity contribution in [3.05, 3.63) is 29.8 Å². The Morgan fingerprint density at radius 2 is 2.04 bits per heavy atom. The second-order valence-electron chi connectivity index (χ2n) is 7.36. The van der Waals surface area contributed by atoms with E-state index in [9.17, 15) is 0 Å². The molecule has 1 unspecified atom stereocenters. The zero-order valence-corrected chi connectivity index (χ0v) is 16.2. The number of hydrogen-bond acceptors (Lipinski definition) is 3. The van der Waals surface area contributed by atoms with Crippen LogP contribution >= 0.6 is 0 Å². The van der Waals surface area contributed by atoms with Crippen LogP contribution in [0, 0.1) is 5.92 Å². The van der Waals surface area contributed by atoms with Gasteiger partial charge in [-0.2, -0.15) is 0 Å². The zero-order chi connectivity index (χ0) is 18.2. The molecule has 1 aromatic rings. The average molecular weight is 360 g/mol. The quantitative estimate of drug-likeness (QED) is 0.598. The van der Waals surface area contributed by atoms with Crippen LogP contribution in [0.3, 0.4) is 0 Å². The number of para-hydroxylation sites is 1. The first-order valence-electron chi connectivity index (χ1n) is 10.1. The SMILES string of the molecule is CCNC(=NCc1ccccc1OC1CCCC1)N1CCC(COC)C1. The lowest BCUT2D eigenvalue weighted by Crippen LogP contribution is -2.40. The maximum Gasteiger partial charge on any atom is 0.194 e. The lowest BCUT2D eigenvalue weighted by molar-refractivity contribution is 0.157. The molecule has 3 rings (SSSR count). The Morgan fingerprint density at radius 1 is 1.23 bits per heavy atom. The molecule has 2 fully saturated rings. The van der Waals surface area contributed by atoms with Gasteiger partial charge in [-0.15, -0.1) is 0 Å². The standard InChI is InChI=1S/C21H33N3O2/c1-3-22-21(24-13-12-17(15-24)16-25-2)23-14-18-8-4-7-11-20(18)26-19-9-5-6-10-19/h4,7-8,11,17,19H,3,5-6,9-10,12-16H2,1-2H3,(H,22,23). The van der Waals surface area contributed by atoms with Gasteiger partial charge in [0.05, 0.1) is 19.3 Å². The second-order valence-corrected chi connectivity index (χ2v) is 7.36. The number of guanidine groups is 1. The topological polar surface area (TPSA) is 46.1 Å². The van der Waals surface area contributed by atoms with Crippen molar-refractivity contribution < 1.29 is 9.47 Å². The summed E-state index contributed by atoms with van der Waals surface area (Å²) in [5.74, 6) is 2.60. The van der Waals surface area contributed by atoms with Crippen LogP contribution in [0.25, 0.3) is 0 Å². The highest BCUT2D eigenvalue weighted by Crippen LogP contribution is 2.27. The Kier molecular flexibility index (Phi) is 7.18. The van der Waals surface area contributed by atoms with E-state index in [2.05, 4.69) is 41.4 Å². The summed E-state index contributed by atoms with van der Waals surface area (Å²) in [7, 11) is 1.78. The third-order valence-electron chi connectivity index (χ3n) is 5.29. The molecular formula is C21H33N3O2. The molecule has 1 aromatic carbocycles. The Labute approximate surface area is 157 Å². The summed E-state index contributed by atoms with van der Waals surface area (Å²) < 4.78 is 11.6. The molecule has 5 nitrogen and oxygen atoms in total. The van der Waals surface area contributed by atoms with Gasteiger partial charge in [0.2, 0.25) is 0 Å². The number of rotatable bonds is 7. The van der Waals surface area contributed by atoms with Gasteiger partial charge >= 0.3 is 0 Å². The molecule has 0 bridgehead atoms. The molecule has 1 heterocycles. The van der Waals surface area contributed by atoms with E-state index in [1.807, 2.05) is 0 Å². The fourth-order valence-electron chi connectivity index (χ4n) is 3.92. The van der Waals surface area contributed by atoms with Crippen molar-refractivity contribution in [2.75, 3.05) is 33.4 Å². The van der Waals surface area contributed by atoms with Crippen molar-refractivity contribution in [1.82, 2.24) is 10.2 Å². The Hall–Kier alpha value is -1.75. The molecule has 1 atom stereocenters. The van der Waals surface area contributed by atoms with Gasteiger partial charge in [-0.1, -0.05) is 18.2 Å². The van der Waals surface area contributed by atoms with E-state index in [1.165, 1.54) is 37.7 Å². The van der Waals surface area contributed by atoms with E-state index in [1.54, 1.807) is 7.11 Å². The summed E-state index contributed by atoms with van der Waals surface area (Å²) in [6, 6.07) is 8.35. The van der Waals surface area contributed by atoms with Crippen LogP contribution in [-0.4, -0.2) is 50.3 Å². The number of aliphatic imine (C=N–C) groups is 1. The molecule has 0 spiro atoms. The summed E-state index contributed by atoms with van der Waals surface area (Å²) in [5, 5.41) is 3.44. The Bertz CT molecular complexity index is 584. The molecule has 1 aliphatic carbocycles. The predicted octanol–water partition coefficient (Wildman–Crippen LogP) is 3.44. The third kappa shape index (κ3) is 5.13. The summed E-state index contributed by atoms with van der Waals surface area (Å²) in [4.78, 5) is 7.26. The minimum absolute atomic E-state index is 0.377. The molecule has 0 radical (unpaired) electrons. The second kappa shape index (κ2) is 9.81. The number of nitrogens with one attached hydrogen (secondary N) is 1. The van der Waals surface area contributed by atoms with Crippen molar-refractivity contribution in [2.45, 2.75) is 51.7 Å². The molecule has 1 saturated carbocycles. The minimum Gasteiger partial charge on any atom is -0.490 e. The Balaban J connectivity index is 1.66. The lowest BCUT2D eigenvalue weighted by atomic mass is 10.1. The van der Waals surface area contributed by atoms with Crippen LogP contribution in [0.4, 0.5) is 0 Å². The number of likely N-dealkylation sites (tertiary alicyclic amines) is 1. The van der Waals surface area contributed by atoms with Crippen LogP contribution in [0.5, 0.6) is 5.75 Å². The van der Waals surface area contributed by atoms with Gasteiger partial charge in [-0.3, -0.25) is 0 Å². The number of benzene rings is 1. The van der Waals surface area contributed by atoms with Crippen LogP contribution in [0.15, 0.2) is 29.3 Å². The van der Waals surface area contributed by atoms with Gasteiger partial charge in [0.1, 0.15) is 5.75 Å². The first-order chi connectivity index (χ1) is 12.8. The monoisotopic (exact) mass is 359 g/mol. The van der Waals surface area contributed by atoms with Crippen LogP contribution in [0.1, 0.15) is 44.6 Å². The summed E-state index contributed by atoms with van der Waals surface area (Å²) in [6.07, 6.45) is 6.46. The van der Waals surface area contributed by atoms with Crippen molar-refractivity contribution >= 4 is 5.96 Å². The van der Waals surface area contributed by atoms with E-state index in [0.717, 1.165) is 38.0 Å². The smallest absolute Gasteiger partial charge is 0.194 e. The number of hydrogen-bond donors (Lipinski definition) is 1. The normalized spacial score (nSPS) is 21.4. The fraction of sp³-hybridized carbons (Fsp3) is 0.667. The van der Waals surface area contributed by atoms with Crippen molar-refractivity contribution in [2.24, 2.45) is 10.9 Å². The lowest BCUT2D eigenvalue weighted by Gasteiger charge is -2.22. The molecule has 5 heteroatoms. The highest BCUT2D eigenvalue weighted by atomic mass is 16.5. The number of methoxy groups -OCH3 is 1. The summed E-state index contributed by atoms with van der Waals surface area (Å²) in [6.45, 7) is 6.53. The van der Waals surface area contributed by atoms with Gasteiger partial charge in [0, 0.05) is 38.2 Å². The first kappa shape index (κ1) is 19.0. The molecule has 144 valence electrons. The van der Waals surface area contributed by atoms with Gasteiger partial charge in [-0.05, 0) is 45.1 Å². The maximum atomic E-state index is 6.25. The van der Waals surface area contributed by atoms with Crippen molar-refractivity contribution in [3.8, 4) is 5.75 Å². The Morgan fingerprint density at radius 3 is 2.81 bits per heavy atom. The average Bonchev–Trinajstić information content (AvgIpc) is 3.32. The molecule has 0 aromatic heterocycles. The van der Waals surface area contributed by atoms with E-state index in [4.69, 9.17) is 14.5 Å². The molecular weight excluding hydrogens is 326 g/mol. The fourth-order valence-corrected chi connectivity index (χ4v) is 3.92. The van der Waals surface area contributed by atoms with E-state index in [-0.39, 0.29) is 0 Å². The van der Waals surface area contributed by atoms with Crippen LogP contribution < -0.4 is 10.1 Å². The first-order valence-corrected chi connectivity index (χ1v) is 10.1. The largest absolute Gasteiger partial charge is 0.490 e. The van der Waals surface area contributed by atoms with Crippen LogP contribution in [0.2, 0.25) is 0 Å². The van der Waals surface area contributed by atoms with Crippen LogP contribution in [-0.2, 0) is 11.3 Å². The number of nitrogens with zero attached hydrogens (tertiary/aromatic N) is 2. The van der Waals surface area contributed by atoms with Crippen molar-refractivity contribution in [1.29, 1.82) is 0 Å². The zero-order valence-electron chi connectivity index (χ0n) is 16.2. The molecule has 1 saturated heterocycles. The highest BCUT2D eigenvalue weighted by molar-refractivity contribution is 5.80. The molecule has 2 aliphatic rings. The summed E-state index contributed by atoms with van der Waals surface area (Å²) in [5.41, 5.74) is 1.17. The highest BCUT2D eigenvalue weighted by Gasteiger charge is 2.24. The van der Waals surface area contributed by atoms with Crippen molar-refractivity contribution in [3.63, 3.8) is 0 Å². The molecule has 1 N–H and O–H groups in total. The van der Waals surface area contributed by atoms with E-state index >= 15 is 0 Å². The van der Waals surface area contributed by atoms with Gasteiger partial charge in [-0.25, -0.2) is 4.99 Å². The molecule has 0 amide bonds. The minimum atomic E-state index is 0.377. The maximum absolute atomic E-state index is 6.25. The van der Waals surface area contributed by atoms with E-state index < -0.39 is 0 Å². The molecule has 26 heavy (non-hydrogen) atoms. The third-order valence-corrected chi connectivity index (χ3v) is 5.29. The van der Waals surface area contributed by atoms with E-state index in [0.29, 0.717) is 18.6 Å². The predicted molar refractivity (Wildman–Crippen MR) is 106 cm³/mol. The van der Waals surface area contributed by atoms with Gasteiger partial charge in [0.15, 0.2) is 5.96 Å². The van der Waals surface area contributed by atoms with Gasteiger partial charge < -0.3 is 19.7 Å². The number of ether oxygens (including phenoxy) is 2. The summed E-state index contributed by atoms with van der Waals surface area (Å²) >= 11 is 0. The van der Waals surface area contributed by atoms with Gasteiger partial charge in [0.25, 0.3) is 0 Å².